The fourth-order valence-electron chi connectivity index (χ4n) is 2.77. The lowest BCUT2D eigenvalue weighted by atomic mass is 9.91. The first-order valence-electron chi connectivity index (χ1n) is 7.15. The largest absolute Gasteiger partial charge is 0.377 e. The number of ether oxygens (including phenoxy) is 1. The number of hydrogen-bond donors (Lipinski definition) is 1. The summed E-state index contributed by atoms with van der Waals surface area (Å²) in [5, 5.41) is 3.43. The highest BCUT2D eigenvalue weighted by Crippen LogP contribution is 2.32. The molecule has 3 heteroatoms. The average molecular weight is 240 g/mol. The monoisotopic (exact) mass is 240 g/mol. The Morgan fingerprint density at radius 1 is 1.29 bits per heavy atom. The van der Waals surface area contributed by atoms with Gasteiger partial charge in [-0.1, -0.05) is 0 Å². The van der Waals surface area contributed by atoms with Crippen LogP contribution in [0.25, 0.3) is 0 Å². The number of methoxy groups -OCH3 is 1. The zero-order valence-electron chi connectivity index (χ0n) is 11.7. The van der Waals surface area contributed by atoms with Crippen LogP contribution < -0.4 is 5.32 Å². The van der Waals surface area contributed by atoms with E-state index in [4.69, 9.17) is 4.74 Å². The van der Waals surface area contributed by atoms with Crippen LogP contribution in [0.2, 0.25) is 0 Å². The lowest BCUT2D eigenvalue weighted by Gasteiger charge is -2.41. The summed E-state index contributed by atoms with van der Waals surface area (Å²) < 4.78 is 5.88. The highest BCUT2D eigenvalue weighted by atomic mass is 16.5. The van der Waals surface area contributed by atoms with Gasteiger partial charge in [-0.25, -0.2) is 0 Å². The maximum atomic E-state index is 5.88. The molecule has 1 saturated heterocycles. The molecule has 1 heterocycles. The van der Waals surface area contributed by atoms with E-state index in [0.29, 0.717) is 6.04 Å². The molecule has 0 aromatic heterocycles. The summed E-state index contributed by atoms with van der Waals surface area (Å²) >= 11 is 0. The van der Waals surface area contributed by atoms with Crippen molar-refractivity contribution in [3.05, 3.63) is 0 Å². The van der Waals surface area contributed by atoms with Gasteiger partial charge < -0.3 is 10.1 Å². The number of hydrogen-bond acceptors (Lipinski definition) is 3. The number of nitrogens with one attached hydrogen (secondary N) is 1. The lowest BCUT2D eigenvalue weighted by molar-refractivity contribution is -0.0629. The Morgan fingerprint density at radius 2 is 1.94 bits per heavy atom. The van der Waals surface area contributed by atoms with E-state index in [9.17, 15) is 0 Å². The second-order valence-corrected chi connectivity index (χ2v) is 6.10. The summed E-state index contributed by atoms with van der Waals surface area (Å²) in [6, 6.07) is 0.637. The number of piperidine rings is 1. The predicted octanol–water partition coefficient (Wildman–Crippen LogP) is 1.88. The van der Waals surface area contributed by atoms with Crippen LogP contribution in [0.4, 0.5) is 0 Å². The van der Waals surface area contributed by atoms with Crippen molar-refractivity contribution >= 4 is 0 Å². The Kier molecular flexibility index (Phi) is 4.45. The van der Waals surface area contributed by atoms with E-state index in [1.807, 2.05) is 7.11 Å². The summed E-state index contributed by atoms with van der Waals surface area (Å²) in [6.45, 7) is 9.21. The molecule has 0 aromatic carbocycles. The Labute approximate surface area is 106 Å². The van der Waals surface area contributed by atoms with Gasteiger partial charge in [0.05, 0.1) is 5.60 Å². The molecule has 0 radical (unpaired) electrons. The van der Waals surface area contributed by atoms with Crippen LogP contribution in [0.5, 0.6) is 0 Å². The fraction of sp³-hybridized carbons (Fsp3) is 1.00. The van der Waals surface area contributed by atoms with E-state index in [0.717, 1.165) is 38.4 Å². The first-order chi connectivity index (χ1) is 8.15. The van der Waals surface area contributed by atoms with Crippen LogP contribution in [0.15, 0.2) is 0 Å². The summed E-state index contributed by atoms with van der Waals surface area (Å²) in [6.07, 6.45) is 5.17. The van der Waals surface area contributed by atoms with Crippen molar-refractivity contribution in [2.75, 3.05) is 33.3 Å². The molecular weight excluding hydrogens is 212 g/mol. The minimum atomic E-state index is 0.102. The van der Waals surface area contributed by atoms with Gasteiger partial charge in [0.2, 0.25) is 0 Å². The van der Waals surface area contributed by atoms with Crippen molar-refractivity contribution in [3.63, 3.8) is 0 Å². The average Bonchev–Trinajstić information content (AvgIpc) is 3.13. The Morgan fingerprint density at radius 3 is 2.41 bits per heavy atom. The van der Waals surface area contributed by atoms with Crippen molar-refractivity contribution in [1.82, 2.24) is 10.2 Å². The third-order valence-corrected chi connectivity index (χ3v) is 4.36. The minimum Gasteiger partial charge on any atom is -0.377 e. The topological polar surface area (TPSA) is 24.5 Å². The zero-order valence-corrected chi connectivity index (χ0v) is 11.7. The zero-order chi connectivity index (χ0) is 12.3. The Balaban J connectivity index is 1.93. The van der Waals surface area contributed by atoms with Gasteiger partial charge >= 0.3 is 0 Å². The number of nitrogens with zero attached hydrogens (tertiary/aromatic N) is 1. The molecule has 0 atom stereocenters. The molecule has 0 unspecified atom stereocenters. The van der Waals surface area contributed by atoms with E-state index < -0.39 is 0 Å². The van der Waals surface area contributed by atoms with Crippen molar-refractivity contribution in [1.29, 1.82) is 0 Å². The second-order valence-electron chi connectivity index (χ2n) is 6.10. The first kappa shape index (κ1) is 13.3. The van der Waals surface area contributed by atoms with E-state index in [-0.39, 0.29) is 5.60 Å². The Bertz CT molecular complexity index is 232. The minimum absolute atomic E-state index is 0.102. The van der Waals surface area contributed by atoms with Crippen molar-refractivity contribution in [2.45, 2.75) is 51.2 Å². The Hall–Kier alpha value is -0.120. The molecular formula is C14H28N2O. The summed E-state index contributed by atoms with van der Waals surface area (Å²) in [7, 11) is 1.89. The summed E-state index contributed by atoms with van der Waals surface area (Å²) in [4.78, 5) is 2.63. The molecule has 0 bridgehead atoms. The fourth-order valence-corrected chi connectivity index (χ4v) is 2.77. The number of rotatable bonds is 6. The van der Waals surface area contributed by atoms with E-state index in [1.165, 1.54) is 19.4 Å². The van der Waals surface area contributed by atoms with Gasteiger partial charge in [-0.3, -0.25) is 4.90 Å². The second kappa shape index (κ2) is 5.68. The van der Waals surface area contributed by atoms with Crippen molar-refractivity contribution in [2.24, 2.45) is 5.92 Å². The van der Waals surface area contributed by atoms with Gasteiger partial charge in [0, 0.05) is 26.2 Å². The van der Waals surface area contributed by atoms with Crippen LogP contribution in [-0.4, -0.2) is 49.8 Å². The van der Waals surface area contributed by atoms with Gasteiger partial charge in [0.15, 0.2) is 0 Å². The smallest absolute Gasteiger partial charge is 0.0829 e. The van der Waals surface area contributed by atoms with Crippen LogP contribution in [0, 0.1) is 5.92 Å². The molecule has 1 N–H and O–H groups in total. The van der Waals surface area contributed by atoms with Crippen LogP contribution in [0.1, 0.15) is 39.5 Å². The molecule has 2 fully saturated rings. The van der Waals surface area contributed by atoms with Crippen LogP contribution >= 0.6 is 0 Å². The van der Waals surface area contributed by atoms with E-state index in [1.54, 1.807) is 0 Å². The molecule has 0 amide bonds. The van der Waals surface area contributed by atoms with Crippen LogP contribution in [-0.2, 0) is 4.74 Å². The molecule has 1 saturated carbocycles. The molecule has 3 nitrogen and oxygen atoms in total. The molecule has 0 spiro atoms. The lowest BCUT2D eigenvalue weighted by Crippen LogP contribution is -2.52. The van der Waals surface area contributed by atoms with Crippen molar-refractivity contribution in [3.8, 4) is 0 Å². The van der Waals surface area contributed by atoms with Gasteiger partial charge in [0.25, 0.3) is 0 Å². The summed E-state index contributed by atoms with van der Waals surface area (Å²) in [5.74, 6) is 0.966. The maximum absolute atomic E-state index is 5.88. The van der Waals surface area contributed by atoms with E-state index in [2.05, 4.69) is 24.1 Å². The molecule has 1 aliphatic carbocycles. The van der Waals surface area contributed by atoms with Gasteiger partial charge in [-0.2, -0.15) is 0 Å². The van der Waals surface area contributed by atoms with Crippen molar-refractivity contribution < 1.29 is 4.74 Å². The van der Waals surface area contributed by atoms with Gasteiger partial charge in [-0.15, -0.1) is 0 Å². The molecule has 1 aliphatic heterocycles. The first-order valence-corrected chi connectivity index (χ1v) is 7.15. The SMILES string of the molecule is COC1(CN(CC2CC2)C(C)C)CCNCC1. The maximum Gasteiger partial charge on any atom is 0.0829 e. The van der Waals surface area contributed by atoms with Crippen LogP contribution in [0.3, 0.4) is 0 Å². The highest BCUT2D eigenvalue weighted by molar-refractivity contribution is 4.91. The van der Waals surface area contributed by atoms with Gasteiger partial charge in [0.1, 0.15) is 0 Å². The molecule has 100 valence electrons. The third-order valence-electron chi connectivity index (χ3n) is 4.36. The molecule has 2 rings (SSSR count). The molecule has 0 aromatic rings. The standard InChI is InChI=1S/C14H28N2O/c1-12(2)16(10-13-4-5-13)11-14(17-3)6-8-15-9-7-14/h12-13,15H,4-11H2,1-3H3. The molecule has 17 heavy (non-hydrogen) atoms. The quantitative estimate of drug-likeness (QED) is 0.767. The van der Waals surface area contributed by atoms with Gasteiger partial charge in [-0.05, 0) is 58.5 Å². The highest BCUT2D eigenvalue weighted by Gasteiger charge is 2.36. The third kappa shape index (κ3) is 3.67. The normalized spacial score (nSPS) is 24.5. The summed E-state index contributed by atoms with van der Waals surface area (Å²) in [5.41, 5.74) is 0.102. The van der Waals surface area contributed by atoms with E-state index >= 15 is 0 Å². The predicted molar refractivity (Wildman–Crippen MR) is 71.3 cm³/mol. The molecule has 2 aliphatic rings.